The Balaban J connectivity index is 1.45. The molecule has 0 unspecified atom stereocenters. The molecule has 0 radical (unpaired) electrons. The topological polar surface area (TPSA) is 45.7 Å². The third kappa shape index (κ3) is 4.43. The molecule has 1 atom stereocenters. The van der Waals surface area contributed by atoms with Crippen molar-refractivity contribution in [1.29, 1.82) is 0 Å². The van der Waals surface area contributed by atoms with Crippen LogP contribution in [0.1, 0.15) is 28.1 Å². The van der Waals surface area contributed by atoms with Gasteiger partial charge in [0.05, 0.1) is 7.11 Å². The number of likely N-dealkylation sites (tertiary alicyclic amines) is 1. The van der Waals surface area contributed by atoms with Crippen LogP contribution in [0, 0.1) is 5.92 Å². The normalized spacial score (nSPS) is 17.4. The van der Waals surface area contributed by atoms with Gasteiger partial charge in [-0.2, -0.15) is 0 Å². The maximum Gasteiger partial charge on any atom is 0.185 e. The molecule has 0 bridgehead atoms. The van der Waals surface area contributed by atoms with E-state index in [1.165, 1.54) is 4.88 Å². The van der Waals surface area contributed by atoms with Gasteiger partial charge in [-0.25, -0.2) is 4.98 Å². The van der Waals surface area contributed by atoms with Crippen molar-refractivity contribution in [2.75, 3.05) is 39.2 Å². The molecule has 1 aliphatic heterocycles. The fourth-order valence-corrected chi connectivity index (χ4v) is 4.83. The van der Waals surface area contributed by atoms with Crippen LogP contribution in [-0.2, 0) is 6.54 Å². The first kappa shape index (κ1) is 19.9. The molecular weight excluding hydrogens is 382 g/mol. The lowest BCUT2D eigenvalue weighted by atomic mass is 9.89. The Kier molecular flexibility index (Phi) is 5.83. The number of ketones is 1. The Morgan fingerprint density at radius 2 is 2.03 bits per heavy atom. The number of hydrogen-bond donors (Lipinski definition) is 0. The van der Waals surface area contributed by atoms with Gasteiger partial charge >= 0.3 is 0 Å². The van der Waals surface area contributed by atoms with Crippen LogP contribution in [0.5, 0.6) is 5.75 Å². The number of fused-ring (bicyclic) bond motifs is 1. The molecule has 0 aliphatic carbocycles. The lowest BCUT2D eigenvalue weighted by Crippen LogP contribution is -2.38. The molecule has 152 valence electrons. The molecule has 2 aromatic carbocycles. The van der Waals surface area contributed by atoms with Gasteiger partial charge in [0.25, 0.3) is 0 Å². The minimum atomic E-state index is 0.0562. The van der Waals surface area contributed by atoms with Crippen LogP contribution in [0.2, 0.25) is 0 Å². The largest absolute Gasteiger partial charge is 0.497 e. The van der Waals surface area contributed by atoms with Crippen molar-refractivity contribution in [2.24, 2.45) is 5.92 Å². The number of hydrogen-bond acceptors (Lipinski definition) is 6. The first-order chi connectivity index (χ1) is 14.0. The van der Waals surface area contributed by atoms with Crippen molar-refractivity contribution in [3.05, 3.63) is 53.0 Å². The van der Waals surface area contributed by atoms with Gasteiger partial charge in [-0.3, -0.25) is 9.69 Å². The fourth-order valence-electron chi connectivity index (χ4n) is 3.95. The summed E-state index contributed by atoms with van der Waals surface area (Å²) in [7, 11) is 5.69. The van der Waals surface area contributed by atoms with Gasteiger partial charge in [0.15, 0.2) is 10.9 Å². The Hall–Kier alpha value is -2.44. The predicted octanol–water partition coefficient (Wildman–Crippen LogP) is 4.47. The number of nitrogens with zero attached hydrogens (tertiary/aromatic N) is 3. The first-order valence-electron chi connectivity index (χ1n) is 10.00. The number of carbonyl (C=O) groups is 1. The van der Waals surface area contributed by atoms with Gasteiger partial charge in [-0.1, -0.05) is 18.2 Å². The number of benzene rings is 2. The molecule has 0 saturated carbocycles. The van der Waals surface area contributed by atoms with E-state index in [4.69, 9.17) is 4.74 Å². The summed E-state index contributed by atoms with van der Waals surface area (Å²) in [5.74, 6) is 1.14. The highest BCUT2D eigenvalue weighted by atomic mass is 32.1. The van der Waals surface area contributed by atoms with E-state index < -0.39 is 0 Å². The minimum absolute atomic E-state index is 0.0562. The molecule has 3 aromatic rings. The van der Waals surface area contributed by atoms with Gasteiger partial charge in [-0.15, -0.1) is 11.3 Å². The average molecular weight is 410 g/mol. The second-order valence-corrected chi connectivity index (χ2v) is 8.96. The molecule has 4 rings (SSSR count). The number of rotatable bonds is 6. The molecule has 1 fully saturated rings. The standard InChI is InChI=1S/C23H27N3O2S/c1-25(2)23-24-13-21(29-23)15-26-10-4-5-19(14-26)22(27)18-7-6-17-12-20(28-3)9-8-16(17)11-18/h6-9,11-13,19H,4-5,10,14-15H2,1-3H3/t19-/m0/s1. The lowest BCUT2D eigenvalue weighted by Gasteiger charge is -2.31. The monoisotopic (exact) mass is 409 g/mol. The van der Waals surface area contributed by atoms with E-state index >= 15 is 0 Å². The first-order valence-corrected chi connectivity index (χ1v) is 10.8. The van der Waals surface area contributed by atoms with E-state index in [-0.39, 0.29) is 11.7 Å². The number of Topliss-reactive ketones (excluding diaryl/α,β-unsaturated/α-hetero) is 1. The summed E-state index contributed by atoms with van der Waals surface area (Å²) >= 11 is 1.72. The maximum absolute atomic E-state index is 13.2. The van der Waals surface area contributed by atoms with Gasteiger partial charge in [0.1, 0.15) is 5.75 Å². The second kappa shape index (κ2) is 8.51. The Morgan fingerprint density at radius 1 is 1.24 bits per heavy atom. The Bertz CT molecular complexity index is 1010. The van der Waals surface area contributed by atoms with Crippen molar-refractivity contribution in [3.8, 4) is 5.75 Å². The van der Waals surface area contributed by atoms with Crippen LogP contribution in [0.4, 0.5) is 5.13 Å². The van der Waals surface area contributed by atoms with E-state index in [1.807, 2.05) is 61.6 Å². The molecule has 6 heteroatoms. The van der Waals surface area contributed by atoms with Crippen molar-refractivity contribution >= 4 is 33.0 Å². The number of piperidine rings is 1. The summed E-state index contributed by atoms with van der Waals surface area (Å²) in [5, 5.41) is 3.19. The molecule has 1 aliphatic rings. The zero-order chi connectivity index (χ0) is 20.4. The van der Waals surface area contributed by atoms with Crippen LogP contribution in [-0.4, -0.2) is 50.0 Å². The molecule has 1 saturated heterocycles. The van der Waals surface area contributed by atoms with Gasteiger partial charge < -0.3 is 9.64 Å². The third-order valence-corrected chi connectivity index (χ3v) is 6.66. The van der Waals surface area contributed by atoms with E-state index in [0.29, 0.717) is 0 Å². The number of methoxy groups -OCH3 is 1. The minimum Gasteiger partial charge on any atom is -0.497 e. The van der Waals surface area contributed by atoms with E-state index in [1.54, 1.807) is 18.4 Å². The molecule has 29 heavy (non-hydrogen) atoms. The number of aromatic nitrogens is 1. The van der Waals surface area contributed by atoms with Crippen LogP contribution in [0.15, 0.2) is 42.6 Å². The summed E-state index contributed by atoms with van der Waals surface area (Å²) in [6, 6.07) is 12.0. The summed E-state index contributed by atoms with van der Waals surface area (Å²) < 4.78 is 5.29. The maximum atomic E-state index is 13.2. The van der Waals surface area contributed by atoms with Crippen LogP contribution in [0.25, 0.3) is 10.8 Å². The summed E-state index contributed by atoms with van der Waals surface area (Å²) in [5.41, 5.74) is 0.808. The molecule has 5 nitrogen and oxygen atoms in total. The number of thiazole rings is 1. The predicted molar refractivity (Wildman–Crippen MR) is 119 cm³/mol. The zero-order valence-corrected chi connectivity index (χ0v) is 18.0. The highest BCUT2D eigenvalue weighted by molar-refractivity contribution is 7.15. The van der Waals surface area contributed by atoms with Gasteiger partial charge in [-0.05, 0) is 48.4 Å². The lowest BCUT2D eigenvalue weighted by molar-refractivity contribution is 0.0813. The molecule has 0 spiro atoms. The summed E-state index contributed by atoms with van der Waals surface area (Å²) in [4.78, 5) is 23.3. The quantitative estimate of drug-likeness (QED) is 0.562. The summed E-state index contributed by atoms with van der Waals surface area (Å²) in [6.07, 6.45) is 3.98. The van der Waals surface area contributed by atoms with Crippen molar-refractivity contribution in [2.45, 2.75) is 19.4 Å². The Morgan fingerprint density at radius 3 is 2.79 bits per heavy atom. The van der Waals surface area contributed by atoms with Crippen molar-refractivity contribution in [3.63, 3.8) is 0 Å². The zero-order valence-electron chi connectivity index (χ0n) is 17.2. The number of ether oxygens (including phenoxy) is 1. The number of carbonyl (C=O) groups excluding carboxylic acids is 1. The molecule has 0 amide bonds. The second-order valence-electron chi connectivity index (χ2n) is 7.87. The average Bonchev–Trinajstić information content (AvgIpc) is 3.21. The SMILES string of the molecule is COc1ccc2cc(C(=O)[C@H]3CCCN(Cc4cnc(N(C)C)s4)C3)ccc2c1. The summed E-state index contributed by atoms with van der Waals surface area (Å²) in [6.45, 7) is 2.72. The van der Waals surface area contributed by atoms with Crippen LogP contribution in [0.3, 0.4) is 0 Å². The third-order valence-electron chi connectivity index (χ3n) is 5.51. The van der Waals surface area contributed by atoms with E-state index in [2.05, 4.69) is 9.88 Å². The van der Waals surface area contributed by atoms with Crippen LogP contribution >= 0.6 is 11.3 Å². The van der Waals surface area contributed by atoms with Crippen molar-refractivity contribution in [1.82, 2.24) is 9.88 Å². The molecule has 0 N–H and O–H groups in total. The van der Waals surface area contributed by atoms with Gasteiger partial charge in [0.2, 0.25) is 0 Å². The molecular formula is C23H27N3O2S. The fraction of sp³-hybridized carbons (Fsp3) is 0.391. The molecule has 2 heterocycles. The highest BCUT2D eigenvalue weighted by Crippen LogP contribution is 2.28. The van der Waals surface area contributed by atoms with Gasteiger partial charge in [0, 0.05) is 49.7 Å². The molecule has 1 aromatic heterocycles. The Labute approximate surface area is 175 Å². The van der Waals surface area contributed by atoms with E-state index in [9.17, 15) is 4.79 Å². The number of anilines is 1. The smallest absolute Gasteiger partial charge is 0.185 e. The van der Waals surface area contributed by atoms with Crippen molar-refractivity contribution < 1.29 is 9.53 Å². The van der Waals surface area contributed by atoms with E-state index in [0.717, 1.165) is 59.7 Å². The highest BCUT2D eigenvalue weighted by Gasteiger charge is 2.27. The van der Waals surface area contributed by atoms with Crippen LogP contribution < -0.4 is 9.64 Å².